The molecule has 0 radical (unpaired) electrons. The lowest BCUT2D eigenvalue weighted by Crippen LogP contribution is -2.53. The average molecular weight is 246 g/mol. The molecule has 98 valence electrons. The summed E-state index contributed by atoms with van der Waals surface area (Å²) in [4.78, 5) is 9.35. The van der Waals surface area contributed by atoms with Gasteiger partial charge in [0.2, 0.25) is 0 Å². The number of hydrogen-bond acceptors (Lipinski definition) is 4. The second kappa shape index (κ2) is 4.76. The van der Waals surface area contributed by atoms with Crippen molar-refractivity contribution in [2.24, 2.45) is 5.92 Å². The minimum atomic E-state index is 0.764. The van der Waals surface area contributed by atoms with Gasteiger partial charge in [-0.25, -0.2) is 4.98 Å². The lowest BCUT2D eigenvalue weighted by molar-refractivity contribution is 0.102. The van der Waals surface area contributed by atoms with Crippen LogP contribution < -0.4 is 10.6 Å². The van der Waals surface area contributed by atoms with Crippen molar-refractivity contribution in [3.05, 3.63) is 18.3 Å². The third-order valence-electron chi connectivity index (χ3n) is 4.46. The molecule has 18 heavy (non-hydrogen) atoms. The molecule has 2 atom stereocenters. The van der Waals surface area contributed by atoms with Crippen LogP contribution in [-0.2, 0) is 0 Å². The van der Waals surface area contributed by atoms with Crippen LogP contribution >= 0.6 is 0 Å². The number of hydrogen-bond donors (Lipinski definition) is 1. The zero-order valence-electron chi connectivity index (χ0n) is 11.0. The van der Waals surface area contributed by atoms with Gasteiger partial charge >= 0.3 is 0 Å². The smallest absolute Gasteiger partial charge is 0.151 e. The molecule has 4 heteroatoms. The summed E-state index contributed by atoms with van der Waals surface area (Å²) in [6, 6.07) is 4.61. The Labute approximate surface area is 109 Å². The first-order valence-corrected chi connectivity index (χ1v) is 6.91. The van der Waals surface area contributed by atoms with Crippen molar-refractivity contribution in [2.75, 3.05) is 37.3 Å². The number of rotatable bonds is 1. The maximum Gasteiger partial charge on any atom is 0.151 e. The van der Waals surface area contributed by atoms with E-state index in [1.807, 2.05) is 18.3 Å². The number of piperidine rings is 2. The van der Waals surface area contributed by atoms with Crippen LogP contribution in [0.4, 0.5) is 11.5 Å². The van der Waals surface area contributed by atoms with E-state index in [4.69, 9.17) is 5.73 Å². The molecule has 2 unspecified atom stereocenters. The Bertz CT molecular complexity index is 420. The number of pyridine rings is 1. The highest BCUT2D eigenvalue weighted by Crippen LogP contribution is 2.32. The number of nitrogens with zero attached hydrogens (tertiary/aromatic N) is 3. The molecule has 2 fully saturated rings. The monoisotopic (exact) mass is 246 g/mol. The third-order valence-corrected chi connectivity index (χ3v) is 4.46. The molecule has 2 aliphatic heterocycles. The van der Waals surface area contributed by atoms with Gasteiger partial charge in [0.25, 0.3) is 0 Å². The highest BCUT2D eigenvalue weighted by Gasteiger charge is 2.34. The van der Waals surface area contributed by atoms with E-state index in [1.54, 1.807) is 0 Å². The van der Waals surface area contributed by atoms with Crippen molar-refractivity contribution in [1.29, 1.82) is 0 Å². The SMILES string of the molecule is CN1CCCC2CN(c3ncccc3N)CCC21. The summed E-state index contributed by atoms with van der Waals surface area (Å²) in [6.07, 6.45) is 5.74. The van der Waals surface area contributed by atoms with Crippen molar-refractivity contribution >= 4 is 11.5 Å². The Morgan fingerprint density at radius 1 is 1.33 bits per heavy atom. The third kappa shape index (κ3) is 2.05. The van der Waals surface area contributed by atoms with E-state index in [1.165, 1.54) is 25.8 Å². The van der Waals surface area contributed by atoms with Crippen LogP contribution in [0.5, 0.6) is 0 Å². The van der Waals surface area contributed by atoms with Gasteiger partial charge in [0.15, 0.2) is 5.82 Å². The quantitative estimate of drug-likeness (QED) is 0.817. The minimum absolute atomic E-state index is 0.764. The molecule has 0 saturated carbocycles. The molecule has 0 amide bonds. The van der Waals surface area contributed by atoms with E-state index in [0.717, 1.165) is 36.6 Å². The summed E-state index contributed by atoms with van der Waals surface area (Å²) < 4.78 is 0. The molecule has 0 bridgehead atoms. The lowest BCUT2D eigenvalue weighted by atomic mass is 9.84. The van der Waals surface area contributed by atoms with Crippen LogP contribution in [0.25, 0.3) is 0 Å². The first-order chi connectivity index (χ1) is 8.75. The van der Waals surface area contributed by atoms with Crippen LogP contribution in [0, 0.1) is 5.92 Å². The van der Waals surface area contributed by atoms with E-state index in [0.29, 0.717) is 0 Å². The molecule has 0 aliphatic carbocycles. The van der Waals surface area contributed by atoms with Crippen molar-refractivity contribution in [3.63, 3.8) is 0 Å². The van der Waals surface area contributed by atoms with Gasteiger partial charge in [-0.1, -0.05) is 0 Å². The van der Waals surface area contributed by atoms with Crippen LogP contribution in [0.3, 0.4) is 0 Å². The average Bonchev–Trinajstić information content (AvgIpc) is 2.39. The Balaban J connectivity index is 1.76. The number of aromatic nitrogens is 1. The predicted molar refractivity (Wildman–Crippen MR) is 74.6 cm³/mol. The molecule has 2 aliphatic rings. The van der Waals surface area contributed by atoms with E-state index in [-0.39, 0.29) is 0 Å². The van der Waals surface area contributed by atoms with Gasteiger partial charge in [0.05, 0.1) is 5.69 Å². The first kappa shape index (κ1) is 11.8. The molecule has 1 aromatic heterocycles. The number of nitrogen functional groups attached to an aromatic ring is 1. The zero-order valence-corrected chi connectivity index (χ0v) is 11.0. The van der Waals surface area contributed by atoms with Crippen molar-refractivity contribution in [2.45, 2.75) is 25.3 Å². The topological polar surface area (TPSA) is 45.4 Å². The molecular weight excluding hydrogens is 224 g/mol. The summed E-state index contributed by atoms with van der Waals surface area (Å²) in [5, 5.41) is 0. The molecule has 3 rings (SSSR count). The van der Waals surface area contributed by atoms with Crippen LogP contribution in [-0.4, -0.2) is 42.6 Å². The van der Waals surface area contributed by atoms with Gasteiger partial charge in [-0.05, 0) is 50.9 Å². The molecule has 1 aromatic rings. The summed E-state index contributed by atoms with van der Waals surface area (Å²) in [7, 11) is 2.27. The molecule has 0 aromatic carbocycles. The first-order valence-electron chi connectivity index (χ1n) is 6.91. The van der Waals surface area contributed by atoms with Crippen LogP contribution in [0.2, 0.25) is 0 Å². The lowest BCUT2D eigenvalue weighted by Gasteiger charge is -2.46. The Morgan fingerprint density at radius 2 is 2.22 bits per heavy atom. The fourth-order valence-corrected chi connectivity index (χ4v) is 3.52. The van der Waals surface area contributed by atoms with Crippen molar-refractivity contribution in [1.82, 2.24) is 9.88 Å². The zero-order chi connectivity index (χ0) is 12.5. The normalized spacial score (nSPS) is 29.1. The summed E-state index contributed by atoms with van der Waals surface area (Å²) in [5.74, 6) is 1.75. The second-order valence-corrected chi connectivity index (χ2v) is 5.60. The van der Waals surface area contributed by atoms with Crippen LogP contribution in [0.15, 0.2) is 18.3 Å². The van der Waals surface area contributed by atoms with Gasteiger partial charge in [-0.15, -0.1) is 0 Å². The Morgan fingerprint density at radius 3 is 3.06 bits per heavy atom. The van der Waals surface area contributed by atoms with E-state index in [9.17, 15) is 0 Å². The maximum atomic E-state index is 6.03. The van der Waals surface area contributed by atoms with Gasteiger partial charge < -0.3 is 15.5 Å². The van der Waals surface area contributed by atoms with Gasteiger partial charge in [0.1, 0.15) is 0 Å². The molecular formula is C14H22N4. The predicted octanol–water partition coefficient (Wildman–Crippen LogP) is 1.58. The Hall–Kier alpha value is -1.29. The number of nitrogens with two attached hydrogens (primary N) is 1. The van der Waals surface area contributed by atoms with Crippen molar-refractivity contribution < 1.29 is 0 Å². The second-order valence-electron chi connectivity index (χ2n) is 5.60. The maximum absolute atomic E-state index is 6.03. The van der Waals surface area contributed by atoms with Crippen molar-refractivity contribution in [3.8, 4) is 0 Å². The van der Waals surface area contributed by atoms with Gasteiger partial charge in [-0.2, -0.15) is 0 Å². The van der Waals surface area contributed by atoms with Gasteiger partial charge in [-0.3, -0.25) is 0 Å². The standard InChI is InChI=1S/C14H22N4/c1-17-8-3-4-11-10-18(9-6-13(11)17)14-12(15)5-2-7-16-14/h2,5,7,11,13H,3-4,6,8-10,15H2,1H3. The highest BCUT2D eigenvalue weighted by molar-refractivity contribution is 5.62. The van der Waals surface area contributed by atoms with Gasteiger partial charge in [0, 0.05) is 25.3 Å². The fourth-order valence-electron chi connectivity index (χ4n) is 3.52. The van der Waals surface area contributed by atoms with E-state index < -0.39 is 0 Å². The van der Waals surface area contributed by atoms with Crippen LogP contribution in [0.1, 0.15) is 19.3 Å². The molecule has 2 N–H and O–H groups in total. The summed E-state index contributed by atoms with van der Waals surface area (Å²) >= 11 is 0. The molecule has 3 heterocycles. The highest BCUT2D eigenvalue weighted by atomic mass is 15.2. The van der Waals surface area contributed by atoms with E-state index >= 15 is 0 Å². The molecule has 4 nitrogen and oxygen atoms in total. The molecule has 0 spiro atoms. The minimum Gasteiger partial charge on any atom is -0.396 e. The fraction of sp³-hybridized carbons (Fsp3) is 0.643. The summed E-state index contributed by atoms with van der Waals surface area (Å²) in [5.41, 5.74) is 6.84. The Kier molecular flexibility index (Phi) is 3.12. The number of anilines is 2. The largest absolute Gasteiger partial charge is 0.396 e. The summed E-state index contributed by atoms with van der Waals surface area (Å²) in [6.45, 7) is 3.44. The number of fused-ring (bicyclic) bond motifs is 1. The number of likely N-dealkylation sites (tertiary alicyclic amines) is 1. The molecule has 2 saturated heterocycles. The van der Waals surface area contributed by atoms with E-state index in [2.05, 4.69) is 21.8 Å².